The van der Waals surface area contributed by atoms with Gasteiger partial charge in [0.1, 0.15) is 0 Å². The van der Waals surface area contributed by atoms with Crippen LogP contribution < -0.4 is 16.6 Å². The van der Waals surface area contributed by atoms with Crippen molar-refractivity contribution in [2.75, 3.05) is 33.5 Å². The fraction of sp³-hybridized carbons (Fsp3) is 0.889. The van der Waals surface area contributed by atoms with E-state index in [9.17, 15) is 0 Å². The molecule has 0 aromatic rings. The monoisotopic (exact) mass is 216 g/mol. The second-order valence-electron chi connectivity index (χ2n) is 3.43. The summed E-state index contributed by atoms with van der Waals surface area (Å²) in [5, 5.41) is 3.20. The second-order valence-corrected chi connectivity index (χ2v) is 3.43. The number of methoxy groups -OCH3 is 1. The van der Waals surface area contributed by atoms with Crippen LogP contribution in [-0.2, 0) is 9.47 Å². The van der Waals surface area contributed by atoms with Gasteiger partial charge in [0.25, 0.3) is 0 Å². The minimum absolute atomic E-state index is 0.302. The van der Waals surface area contributed by atoms with Crippen LogP contribution in [0.4, 0.5) is 0 Å². The second kappa shape index (κ2) is 7.44. The summed E-state index contributed by atoms with van der Waals surface area (Å²) in [5.41, 5.74) is 2.54. The van der Waals surface area contributed by atoms with Crippen molar-refractivity contribution in [2.45, 2.75) is 18.9 Å². The molecule has 15 heavy (non-hydrogen) atoms. The number of nitrogens with zero attached hydrogens (tertiary/aromatic N) is 1. The average molecular weight is 216 g/mol. The molecule has 0 aliphatic carbocycles. The van der Waals surface area contributed by atoms with Crippen molar-refractivity contribution in [3.8, 4) is 0 Å². The molecule has 1 aliphatic rings. The molecule has 0 spiro atoms. The number of hydrogen-bond donors (Lipinski definition) is 3. The lowest BCUT2D eigenvalue weighted by molar-refractivity contribution is 0.0761. The van der Waals surface area contributed by atoms with Gasteiger partial charge < -0.3 is 14.8 Å². The summed E-state index contributed by atoms with van der Waals surface area (Å²) < 4.78 is 10.2. The predicted octanol–water partition coefficient (Wildman–Crippen LogP) is -0.779. The highest BCUT2D eigenvalue weighted by Crippen LogP contribution is 2.05. The maximum Gasteiger partial charge on any atom is 0.206 e. The summed E-state index contributed by atoms with van der Waals surface area (Å²) in [6.45, 7) is 2.75. The zero-order valence-corrected chi connectivity index (χ0v) is 9.16. The number of nitrogens with one attached hydrogen (secondary N) is 2. The normalized spacial score (nSPS) is 22.5. The molecule has 0 saturated carbocycles. The van der Waals surface area contributed by atoms with Gasteiger partial charge in [-0.1, -0.05) is 0 Å². The molecular formula is C9H20N4O2. The molecule has 4 N–H and O–H groups in total. The van der Waals surface area contributed by atoms with E-state index in [1.165, 1.54) is 0 Å². The molecule has 1 fully saturated rings. The number of rotatable bonds is 4. The summed E-state index contributed by atoms with van der Waals surface area (Å²) in [5.74, 6) is 5.95. The van der Waals surface area contributed by atoms with Crippen LogP contribution in [-0.4, -0.2) is 45.5 Å². The van der Waals surface area contributed by atoms with Crippen LogP contribution in [0.3, 0.4) is 0 Å². The van der Waals surface area contributed by atoms with Crippen LogP contribution >= 0.6 is 0 Å². The highest BCUT2D eigenvalue weighted by Gasteiger charge is 2.14. The molecule has 1 aliphatic heterocycles. The Bertz CT molecular complexity index is 193. The fourth-order valence-corrected chi connectivity index (χ4v) is 1.43. The summed E-state index contributed by atoms with van der Waals surface area (Å²) in [6.07, 6.45) is 2.17. The first-order valence-corrected chi connectivity index (χ1v) is 5.21. The fourth-order valence-electron chi connectivity index (χ4n) is 1.43. The molecule has 1 rings (SSSR count). The van der Waals surface area contributed by atoms with Gasteiger partial charge in [0.05, 0.1) is 25.8 Å². The van der Waals surface area contributed by atoms with Gasteiger partial charge in [0, 0.05) is 13.7 Å². The molecular weight excluding hydrogens is 196 g/mol. The van der Waals surface area contributed by atoms with Gasteiger partial charge in [-0.2, -0.15) is 0 Å². The number of aliphatic imine (C=N–C) groups is 1. The summed E-state index contributed by atoms with van der Waals surface area (Å²) in [7, 11) is 1.65. The number of hydrazine groups is 1. The summed E-state index contributed by atoms with van der Waals surface area (Å²) >= 11 is 0. The number of guanidine groups is 1. The van der Waals surface area contributed by atoms with Crippen LogP contribution in [0.15, 0.2) is 4.99 Å². The Balaban J connectivity index is 2.27. The van der Waals surface area contributed by atoms with Crippen LogP contribution in [0.25, 0.3) is 0 Å². The highest BCUT2D eigenvalue weighted by atomic mass is 16.5. The van der Waals surface area contributed by atoms with Crippen molar-refractivity contribution < 1.29 is 9.47 Å². The number of ether oxygens (including phenoxy) is 2. The van der Waals surface area contributed by atoms with Crippen molar-refractivity contribution in [3.63, 3.8) is 0 Å². The van der Waals surface area contributed by atoms with Crippen molar-refractivity contribution in [1.29, 1.82) is 0 Å². The van der Waals surface area contributed by atoms with Gasteiger partial charge in [0.2, 0.25) is 5.96 Å². The standard InChI is InChI=1S/C9H20N4O2/c1-14-6-4-11-9(13-10)12-8-3-2-5-15-7-8/h8H,2-7,10H2,1H3,(H2,11,12,13). The molecule has 1 atom stereocenters. The SMILES string of the molecule is COCCN=C(NN)NC1CCCOC1. The Morgan fingerprint density at radius 1 is 1.67 bits per heavy atom. The van der Waals surface area contributed by atoms with E-state index in [2.05, 4.69) is 15.7 Å². The molecule has 0 amide bonds. The van der Waals surface area contributed by atoms with Crippen LogP contribution in [0.1, 0.15) is 12.8 Å². The third-order valence-electron chi connectivity index (χ3n) is 2.20. The Morgan fingerprint density at radius 3 is 3.13 bits per heavy atom. The zero-order valence-electron chi connectivity index (χ0n) is 9.16. The van der Waals surface area contributed by atoms with Gasteiger partial charge in [-0.05, 0) is 12.8 Å². The molecule has 0 aromatic heterocycles. The molecule has 6 heteroatoms. The minimum Gasteiger partial charge on any atom is -0.383 e. The first kappa shape index (κ1) is 12.2. The first-order chi connectivity index (χ1) is 7.36. The van der Waals surface area contributed by atoms with Crippen LogP contribution in [0.5, 0.6) is 0 Å². The van der Waals surface area contributed by atoms with E-state index < -0.39 is 0 Å². The van der Waals surface area contributed by atoms with Gasteiger partial charge in [-0.15, -0.1) is 0 Å². The molecule has 1 heterocycles. The minimum atomic E-state index is 0.302. The smallest absolute Gasteiger partial charge is 0.206 e. The Morgan fingerprint density at radius 2 is 2.53 bits per heavy atom. The lowest BCUT2D eigenvalue weighted by atomic mass is 10.1. The maximum absolute atomic E-state index is 5.35. The topological polar surface area (TPSA) is 80.9 Å². The van der Waals surface area contributed by atoms with E-state index in [4.69, 9.17) is 15.3 Å². The van der Waals surface area contributed by atoms with Crippen LogP contribution in [0, 0.1) is 0 Å². The van der Waals surface area contributed by atoms with Gasteiger partial charge in [-0.3, -0.25) is 5.43 Å². The van der Waals surface area contributed by atoms with Crippen molar-refractivity contribution in [2.24, 2.45) is 10.8 Å². The van der Waals surface area contributed by atoms with Crippen LogP contribution in [0.2, 0.25) is 0 Å². The molecule has 6 nitrogen and oxygen atoms in total. The molecule has 0 radical (unpaired) electrons. The maximum atomic E-state index is 5.35. The van der Waals surface area contributed by atoms with Gasteiger partial charge in [0.15, 0.2) is 0 Å². The lowest BCUT2D eigenvalue weighted by Crippen LogP contribution is -2.49. The molecule has 88 valence electrons. The Labute approximate surface area is 90.2 Å². The number of hydrogen-bond acceptors (Lipinski definition) is 4. The zero-order chi connectivity index (χ0) is 10.9. The third kappa shape index (κ3) is 4.96. The number of nitrogens with two attached hydrogens (primary N) is 1. The van der Waals surface area contributed by atoms with E-state index in [1.54, 1.807) is 7.11 Å². The lowest BCUT2D eigenvalue weighted by Gasteiger charge is -2.24. The van der Waals surface area contributed by atoms with Crippen molar-refractivity contribution in [3.05, 3.63) is 0 Å². The van der Waals surface area contributed by atoms with Crippen molar-refractivity contribution in [1.82, 2.24) is 10.7 Å². The van der Waals surface area contributed by atoms with E-state index in [0.29, 0.717) is 31.8 Å². The average Bonchev–Trinajstić information content (AvgIpc) is 2.29. The molecule has 1 saturated heterocycles. The van der Waals surface area contributed by atoms with Gasteiger partial charge in [-0.25, -0.2) is 10.8 Å². The van der Waals surface area contributed by atoms with Gasteiger partial charge >= 0.3 is 0 Å². The van der Waals surface area contributed by atoms with E-state index in [1.807, 2.05) is 0 Å². The quantitative estimate of drug-likeness (QED) is 0.189. The largest absolute Gasteiger partial charge is 0.383 e. The first-order valence-electron chi connectivity index (χ1n) is 5.21. The summed E-state index contributed by atoms with van der Waals surface area (Å²) in [4.78, 5) is 4.21. The Hall–Kier alpha value is -0.850. The van der Waals surface area contributed by atoms with E-state index >= 15 is 0 Å². The highest BCUT2D eigenvalue weighted by molar-refractivity contribution is 5.79. The molecule has 0 bridgehead atoms. The third-order valence-corrected chi connectivity index (χ3v) is 2.20. The Kier molecular flexibility index (Phi) is 6.06. The summed E-state index contributed by atoms with van der Waals surface area (Å²) in [6, 6.07) is 0.302. The molecule has 1 unspecified atom stereocenters. The van der Waals surface area contributed by atoms with E-state index in [-0.39, 0.29) is 0 Å². The van der Waals surface area contributed by atoms with E-state index in [0.717, 1.165) is 19.4 Å². The molecule has 0 aromatic carbocycles. The van der Waals surface area contributed by atoms with Crippen molar-refractivity contribution >= 4 is 5.96 Å². The predicted molar refractivity (Wildman–Crippen MR) is 58.5 cm³/mol.